The number of nitriles is 1. The molecule has 0 saturated carbocycles. The lowest BCUT2D eigenvalue weighted by atomic mass is 10.1. The fourth-order valence-electron chi connectivity index (χ4n) is 2.96. The van der Waals surface area contributed by atoms with Crippen LogP contribution >= 0.6 is 45.8 Å². The molecule has 3 rings (SSSR count). The molecule has 0 aliphatic carbocycles. The summed E-state index contributed by atoms with van der Waals surface area (Å²) in [5, 5.41) is 23.8. The minimum atomic E-state index is -0.707. The number of halogens is 3. The van der Waals surface area contributed by atoms with Crippen LogP contribution in [0, 0.1) is 25.0 Å². The van der Waals surface area contributed by atoms with E-state index in [0.29, 0.717) is 30.7 Å². The summed E-state index contributed by atoms with van der Waals surface area (Å²) < 4.78 is 12.1. The van der Waals surface area contributed by atoms with E-state index >= 15 is 0 Å². The number of amides is 1. The molecule has 0 spiro atoms. The normalized spacial score (nSPS) is 10.9. The Morgan fingerprint density at radius 1 is 1.20 bits per heavy atom. The average Bonchev–Trinajstić information content (AvgIpc) is 2.83. The molecule has 0 heterocycles. The number of nitro groups is 1. The van der Waals surface area contributed by atoms with E-state index in [4.69, 9.17) is 32.7 Å². The van der Waals surface area contributed by atoms with Crippen molar-refractivity contribution in [1.29, 1.82) is 5.26 Å². The van der Waals surface area contributed by atoms with Gasteiger partial charge >= 0.3 is 0 Å². The zero-order chi connectivity index (χ0) is 25.5. The summed E-state index contributed by atoms with van der Waals surface area (Å²) in [5.74, 6) is 0.178. The number of carbonyl (C=O) groups is 1. The van der Waals surface area contributed by atoms with Crippen molar-refractivity contribution in [3.05, 3.63) is 95.0 Å². The van der Waals surface area contributed by atoms with E-state index in [1.54, 1.807) is 30.3 Å². The molecule has 0 aliphatic heterocycles. The molecule has 35 heavy (non-hydrogen) atoms. The van der Waals surface area contributed by atoms with Crippen LogP contribution in [0.3, 0.4) is 0 Å². The maximum absolute atomic E-state index is 12.6. The highest BCUT2D eigenvalue weighted by molar-refractivity contribution is 14.1. The number of nitrogens with zero attached hydrogens (tertiary/aromatic N) is 2. The van der Waals surface area contributed by atoms with Crippen LogP contribution in [0.2, 0.25) is 10.0 Å². The molecule has 0 radical (unpaired) electrons. The summed E-state index contributed by atoms with van der Waals surface area (Å²) in [7, 11) is 1.48. The van der Waals surface area contributed by atoms with Crippen molar-refractivity contribution in [3.8, 4) is 17.6 Å². The van der Waals surface area contributed by atoms with Crippen molar-refractivity contribution < 1.29 is 19.2 Å². The lowest BCUT2D eigenvalue weighted by Crippen LogP contribution is -2.13. The number of anilines is 1. The van der Waals surface area contributed by atoms with Crippen molar-refractivity contribution in [2.75, 3.05) is 12.4 Å². The molecule has 11 heteroatoms. The van der Waals surface area contributed by atoms with Gasteiger partial charge in [-0.15, -0.1) is 0 Å². The van der Waals surface area contributed by atoms with E-state index in [9.17, 15) is 20.2 Å². The third kappa shape index (κ3) is 6.85. The Balaban J connectivity index is 1.82. The number of ether oxygens (including phenoxy) is 2. The van der Waals surface area contributed by atoms with Crippen LogP contribution in [0.1, 0.15) is 11.1 Å². The second-order valence-corrected chi connectivity index (χ2v) is 8.98. The Bertz CT molecular complexity index is 1370. The lowest BCUT2D eigenvalue weighted by Gasteiger charge is -2.14. The largest absolute Gasteiger partial charge is 0.493 e. The van der Waals surface area contributed by atoms with Crippen molar-refractivity contribution in [3.63, 3.8) is 0 Å². The summed E-state index contributed by atoms with van der Waals surface area (Å²) in [6.45, 7) is 0.216. The zero-order valence-corrected chi connectivity index (χ0v) is 21.7. The van der Waals surface area contributed by atoms with E-state index in [1.165, 1.54) is 37.5 Å². The van der Waals surface area contributed by atoms with E-state index in [2.05, 4.69) is 27.9 Å². The molecule has 0 aromatic heterocycles. The second-order valence-electron chi connectivity index (χ2n) is 7.00. The maximum Gasteiger partial charge on any atom is 0.271 e. The van der Waals surface area contributed by atoms with Gasteiger partial charge in [-0.1, -0.05) is 35.3 Å². The molecule has 1 amide bonds. The topological polar surface area (TPSA) is 114 Å². The first-order valence-electron chi connectivity index (χ1n) is 9.83. The minimum Gasteiger partial charge on any atom is -0.493 e. The molecule has 3 aromatic carbocycles. The molecule has 0 saturated heterocycles. The number of benzene rings is 3. The van der Waals surface area contributed by atoms with E-state index < -0.39 is 10.8 Å². The van der Waals surface area contributed by atoms with Crippen LogP contribution in [0.4, 0.5) is 11.4 Å². The third-order valence-corrected chi connectivity index (χ3v) is 6.15. The number of nitrogens with one attached hydrogen (secondary N) is 1. The molecule has 0 unspecified atom stereocenters. The molecular formula is C24H16Cl2IN3O5. The quantitative estimate of drug-likeness (QED) is 0.0989. The summed E-state index contributed by atoms with van der Waals surface area (Å²) >= 11 is 14.1. The Labute approximate surface area is 224 Å². The smallest absolute Gasteiger partial charge is 0.271 e. The van der Waals surface area contributed by atoms with Crippen LogP contribution in [-0.4, -0.2) is 17.9 Å². The van der Waals surface area contributed by atoms with Crippen molar-refractivity contribution in [2.45, 2.75) is 6.61 Å². The van der Waals surface area contributed by atoms with Crippen molar-refractivity contribution in [1.82, 2.24) is 0 Å². The second kappa shape index (κ2) is 11.9. The standard InChI is InChI=1S/C24H16Cl2IN3O5/c1-34-22-10-15(9-21(27)23(22)35-13-14-5-6-19(25)20(26)8-14)7-16(12-28)24(31)29-17-3-2-4-18(11-17)30(32)33/h2-11H,13H2,1H3,(H,29,31)/b16-7+. The lowest BCUT2D eigenvalue weighted by molar-refractivity contribution is -0.384. The van der Waals surface area contributed by atoms with E-state index in [1.807, 2.05) is 6.07 Å². The number of methoxy groups -OCH3 is 1. The van der Waals surface area contributed by atoms with Gasteiger partial charge in [-0.25, -0.2) is 0 Å². The maximum atomic E-state index is 12.6. The number of nitro benzene ring substituents is 1. The van der Waals surface area contributed by atoms with Gasteiger partial charge < -0.3 is 14.8 Å². The van der Waals surface area contributed by atoms with Crippen LogP contribution in [0.25, 0.3) is 6.08 Å². The SMILES string of the molecule is COc1cc(/C=C(\C#N)C(=O)Nc2cccc([N+](=O)[O-])c2)cc(I)c1OCc1ccc(Cl)c(Cl)c1. The summed E-state index contributed by atoms with van der Waals surface area (Å²) in [5.41, 5.74) is 1.16. The molecule has 1 N–H and O–H groups in total. The van der Waals surface area contributed by atoms with Gasteiger partial charge in [0.05, 0.1) is 25.6 Å². The monoisotopic (exact) mass is 623 g/mol. The van der Waals surface area contributed by atoms with Gasteiger partial charge in [-0.3, -0.25) is 14.9 Å². The van der Waals surface area contributed by atoms with Crippen molar-refractivity contribution >= 4 is 69.2 Å². The summed E-state index contributed by atoms with van der Waals surface area (Å²) in [6, 6.07) is 15.8. The number of rotatable bonds is 8. The molecule has 0 aliphatic rings. The Morgan fingerprint density at radius 2 is 1.97 bits per heavy atom. The Kier molecular flexibility index (Phi) is 8.92. The highest BCUT2D eigenvalue weighted by Gasteiger charge is 2.15. The first-order valence-corrected chi connectivity index (χ1v) is 11.7. The zero-order valence-electron chi connectivity index (χ0n) is 18.1. The predicted octanol–water partition coefficient (Wildman–Crippen LogP) is 6.64. The average molecular weight is 624 g/mol. The first kappa shape index (κ1) is 26.3. The summed E-state index contributed by atoms with van der Waals surface area (Å²) in [4.78, 5) is 23.0. The molecule has 8 nitrogen and oxygen atoms in total. The van der Waals surface area contributed by atoms with Gasteiger partial charge in [-0.2, -0.15) is 5.26 Å². The molecule has 0 bridgehead atoms. The van der Waals surface area contributed by atoms with Crippen LogP contribution in [-0.2, 0) is 11.4 Å². The third-order valence-electron chi connectivity index (χ3n) is 4.61. The number of hydrogen-bond acceptors (Lipinski definition) is 6. The molecule has 178 valence electrons. The molecular weight excluding hydrogens is 608 g/mol. The predicted molar refractivity (Wildman–Crippen MR) is 142 cm³/mol. The first-order chi connectivity index (χ1) is 16.7. The molecule has 0 fully saturated rings. The Hall–Kier alpha value is -3.33. The fraction of sp³-hybridized carbons (Fsp3) is 0.0833. The van der Waals surface area contributed by atoms with E-state index in [0.717, 1.165) is 5.56 Å². The molecule has 0 atom stereocenters. The highest BCUT2D eigenvalue weighted by Crippen LogP contribution is 2.35. The van der Waals surface area contributed by atoms with Gasteiger partial charge in [-0.05, 0) is 70.1 Å². The van der Waals surface area contributed by atoms with Gasteiger partial charge in [0.15, 0.2) is 11.5 Å². The number of hydrogen-bond donors (Lipinski definition) is 1. The van der Waals surface area contributed by atoms with Crippen LogP contribution in [0.5, 0.6) is 11.5 Å². The van der Waals surface area contributed by atoms with Gasteiger partial charge in [0.25, 0.3) is 11.6 Å². The van der Waals surface area contributed by atoms with E-state index in [-0.39, 0.29) is 23.6 Å². The van der Waals surface area contributed by atoms with Gasteiger partial charge in [0.2, 0.25) is 0 Å². The van der Waals surface area contributed by atoms with Crippen LogP contribution < -0.4 is 14.8 Å². The van der Waals surface area contributed by atoms with Gasteiger partial charge in [0, 0.05) is 17.8 Å². The fourth-order valence-corrected chi connectivity index (χ4v) is 4.06. The highest BCUT2D eigenvalue weighted by atomic mass is 127. The number of carbonyl (C=O) groups excluding carboxylic acids is 1. The van der Waals surface area contributed by atoms with Gasteiger partial charge in [0.1, 0.15) is 18.2 Å². The number of non-ortho nitro benzene ring substituents is 1. The minimum absolute atomic E-state index is 0.180. The van der Waals surface area contributed by atoms with Crippen molar-refractivity contribution in [2.24, 2.45) is 0 Å². The molecule has 3 aromatic rings. The Morgan fingerprint density at radius 3 is 2.63 bits per heavy atom. The van der Waals surface area contributed by atoms with Crippen LogP contribution in [0.15, 0.2) is 60.2 Å². The summed E-state index contributed by atoms with van der Waals surface area (Å²) in [6.07, 6.45) is 1.39.